The third-order valence-corrected chi connectivity index (χ3v) is 11.1. The van der Waals surface area contributed by atoms with Gasteiger partial charge in [-0.2, -0.15) is 0 Å². The van der Waals surface area contributed by atoms with Crippen LogP contribution in [0.25, 0.3) is 0 Å². The van der Waals surface area contributed by atoms with Crippen LogP contribution < -0.4 is 10.1 Å². The van der Waals surface area contributed by atoms with Crippen molar-refractivity contribution < 1.29 is 13.9 Å². The lowest BCUT2D eigenvalue weighted by molar-refractivity contribution is 0.148. The van der Waals surface area contributed by atoms with Crippen molar-refractivity contribution in [1.29, 1.82) is 0 Å². The van der Waals surface area contributed by atoms with Gasteiger partial charge < -0.3 is 19.2 Å². The van der Waals surface area contributed by atoms with Crippen LogP contribution in [0.15, 0.2) is 66.2 Å². The summed E-state index contributed by atoms with van der Waals surface area (Å²) in [5.74, 6) is 1.15. The largest absolute Gasteiger partial charge is 0.497 e. The van der Waals surface area contributed by atoms with Crippen molar-refractivity contribution in [3.05, 3.63) is 71.8 Å². The Morgan fingerprint density at radius 1 is 1.03 bits per heavy atom. The second kappa shape index (κ2) is 12.4. The van der Waals surface area contributed by atoms with E-state index in [0.717, 1.165) is 18.0 Å². The second-order valence-corrected chi connectivity index (χ2v) is 15.2. The summed E-state index contributed by atoms with van der Waals surface area (Å²) in [6, 6.07) is 18.5. The molecular formula is C28H43NO3Si. The third kappa shape index (κ3) is 8.65. The molecule has 1 N–H and O–H groups in total. The van der Waals surface area contributed by atoms with Crippen molar-refractivity contribution in [3.63, 3.8) is 0 Å². The zero-order chi connectivity index (χ0) is 24.5. The smallest absolute Gasteiger partial charge is 0.191 e. The lowest BCUT2D eigenvalue weighted by Gasteiger charge is -2.38. The van der Waals surface area contributed by atoms with E-state index < -0.39 is 8.32 Å². The molecule has 0 amide bonds. The van der Waals surface area contributed by atoms with E-state index in [1.807, 2.05) is 30.3 Å². The first kappa shape index (κ1) is 27.2. The minimum absolute atomic E-state index is 0.142. The molecule has 0 bridgehead atoms. The molecule has 0 fully saturated rings. The van der Waals surface area contributed by atoms with Crippen LogP contribution in [0.3, 0.4) is 0 Å². The van der Waals surface area contributed by atoms with E-state index in [1.54, 1.807) is 7.11 Å². The fraction of sp³-hybridized carbons (Fsp3) is 0.500. The van der Waals surface area contributed by atoms with Crippen molar-refractivity contribution in [1.82, 2.24) is 0 Å². The summed E-state index contributed by atoms with van der Waals surface area (Å²) in [6.07, 6.45) is 2.19. The number of ether oxygens (including phenoxy) is 2. The molecule has 2 aromatic rings. The Labute approximate surface area is 202 Å². The monoisotopic (exact) mass is 469 g/mol. The molecule has 0 aliphatic heterocycles. The molecule has 0 spiro atoms. The van der Waals surface area contributed by atoms with Gasteiger partial charge in [0.05, 0.1) is 26.4 Å². The number of hydrogen-bond acceptors (Lipinski definition) is 4. The maximum absolute atomic E-state index is 6.56. The molecule has 182 valence electrons. The zero-order valence-electron chi connectivity index (χ0n) is 21.8. The Bertz CT molecular complexity index is 857. The van der Waals surface area contributed by atoms with Crippen LogP contribution >= 0.6 is 0 Å². The third-order valence-electron chi connectivity index (χ3n) is 6.62. The fourth-order valence-corrected chi connectivity index (χ4v) is 4.41. The Kier molecular flexibility index (Phi) is 10.2. The van der Waals surface area contributed by atoms with E-state index >= 15 is 0 Å². The lowest BCUT2D eigenvalue weighted by Crippen LogP contribution is -2.43. The number of methoxy groups -OCH3 is 1. The molecule has 33 heavy (non-hydrogen) atoms. The molecule has 0 saturated heterocycles. The van der Waals surface area contributed by atoms with Gasteiger partial charge in [-0.05, 0) is 54.9 Å². The zero-order valence-corrected chi connectivity index (χ0v) is 22.8. The second-order valence-electron chi connectivity index (χ2n) is 10.3. The maximum atomic E-state index is 6.56. The SMILES string of the molecule is COc1ccc(N[C@H](C(C)=CCOCc2ccccc2)[C@@H](C)CO[Si](C)(C)C(C)(C)C)cc1. The molecule has 0 saturated carbocycles. The summed E-state index contributed by atoms with van der Waals surface area (Å²) >= 11 is 0. The van der Waals surface area contributed by atoms with Gasteiger partial charge in [0.25, 0.3) is 0 Å². The highest BCUT2D eigenvalue weighted by molar-refractivity contribution is 6.74. The van der Waals surface area contributed by atoms with Crippen molar-refractivity contribution in [2.24, 2.45) is 5.92 Å². The van der Waals surface area contributed by atoms with Gasteiger partial charge in [0.1, 0.15) is 5.75 Å². The van der Waals surface area contributed by atoms with E-state index in [1.165, 1.54) is 11.1 Å². The van der Waals surface area contributed by atoms with Crippen LogP contribution in [-0.2, 0) is 15.8 Å². The normalized spacial score (nSPS) is 14.6. The molecule has 2 rings (SSSR count). The number of nitrogens with one attached hydrogen (secondary N) is 1. The highest BCUT2D eigenvalue weighted by Crippen LogP contribution is 2.37. The minimum Gasteiger partial charge on any atom is -0.497 e. The van der Waals surface area contributed by atoms with Crippen molar-refractivity contribution >= 4 is 14.0 Å². The summed E-state index contributed by atoms with van der Waals surface area (Å²) in [7, 11) is -0.122. The Morgan fingerprint density at radius 2 is 1.67 bits per heavy atom. The standard InChI is InChI=1S/C28H43NO3Si/c1-22(18-19-31-21-24-12-10-9-11-13-24)27(29-25-14-16-26(30-6)17-15-25)23(2)20-32-33(7,8)28(3,4)5/h9-18,23,27,29H,19-21H2,1-8H3/t23-,27+/m0/s1. The van der Waals surface area contributed by atoms with Crippen molar-refractivity contribution in [3.8, 4) is 5.75 Å². The van der Waals surface area contributed by atoms with Crippen molar-refractivity contribution in [2.75, 3.05) is 25.6 Å². The van der Waals surface area contributed by atoms with Crippen LogP contribution in [-0.4, -0.2) is 34.7 Å². The Morgan fingerprint density at radius 3 is 2.24 bits per heavy atom. The minimum atomic E-state index is -1.81. The first-order valence-corrected chi connectivity index (χ1v) is 14.8. The fourth-order valence-electron chi connectivity index (χ4n) is 3.29. The van der Waals surface area contributed by atoms with E-state index in [-0.39, 0.29) is 11.1 Å². The topological polar surface area (TPSA) is 39.7 Å². The first-order chi connectivity index (χ1) is 15.5. The Hall–Kier alpha value is -2.08. The molecule has 0 radical (unpaired) electrons. The molecule has 0 aliphatic rings. The van der Waals surface area contributed by atoms with Gasteiger partial charge in [0, 0.05) is 18.2 Å². The molecule has 2 aromatic carbocycles. The first-order valence-electron chi connectivity index (χ1n) is 11.9. The average Bonchev–Trinajstić information content (AvgIpc) is 2.79. The highest BCUT2D eigenvalue weighted by Gasteiger charge is 2.37. The summed E-state index contributed by atoms with van der Waals surface area (Å²) in [5.41, 5.74) is 3.51. The van der Waals surface area contributed by atoms with Gasteiger partial charge in [0.15, 0.2) is 8.32 Å². The van der Waals surface area contributed by atoms with E-state index in [9.17, 15) is 0 Å². The quantitative estimate of drug-likeness (QED) is 0.201. The summed E-state index contributed by atoms with van der Waals surface area (Å²) in [5, 5.41) is 3.92. The number of rotatable bonds is 12. The van der Waals surface area contributed by atoms with Crippen LogP contribution in [0.1, 0.15) is 40.2 Å². The summed E-state index contributed by atoms with van der Waals surface area (Å²) < 4.78 is 17.8. The number of hydrogen-bond donors (Lipinski definition) is 1. The van der Waals surface area contributed by atoms with Crippen molar-refractivity contribution in [2.45, 2.75) is 65.4 Å². The molecule has 0 aliphatic carbocycles. The maximum Gasteiger partial charge on any atom is 0.191 e. The van der Waals surface area contributed by atoms with E-state index in [0.29, 0.717) is 19.1 Å². The number of benzene rings is 2. The van der Waals surface area contributed by atoms with E-state index in [4.69, 9.17) is 13.9 Å². The van der Waals surface area contributed by atoms with Gasteiger partial charge in [-0.25, -0.2) is 0 Å². The van der Waals surface area contributed by atoms with Gasteiger partial charge in [-0.1, -0.05) is 69.7 Å². The van der Waals surface area contributed by atoms with Gasteiger partial charge >= 0.3 is 0 Å². The molecule has 2 atom stereocenters. The van der Waals surface area contributed by atoms with Crippen LogP contribution in [0, 0.1) is 5.92 Å². The predicted octanol–water partition coefficient (Wildman–Crippen LogP) is 7.30. The predicted molar refractivity (Wildman–Crippen MR) is 143 cm³/mol. The van der Waals surface area contributed by atoms with Gasteiger partial charge in [-0.3, -0.25) is 0 Å². The molecule has 5 heteroatoms. The summed E-state index contributed by atoms with van der Waals surface area (Å²) in [4.78, 5) is 0. The molecule has 4 nitrogen and oxygen atoms in total. The molecule has 0 aromatic heterocycles. The Balaban J connectivity index is 2.08. The highest BCUT2D eigenvalue weighted by atomic mass is 28.4. The molecule has 0 heterocycles. The average molecular weight is 470 g/mol. The van der Waals surface area contributed by atoms with Crippen LogP contribution in [0.4, 0.5) is 5.69 Å². The lowest BCUT2D eigenvalue weighted by atomic mass is 9.95. The molecule has 0 unspecified atom stereocenters. The summed E-state index contributed by atoms with van der Waals surface area (Å²) in [6.45, 7) is 17.8. The number of anilines is 1. The molecular weight excluding hydrogens is 426 g/mol. The van der Waals surface area contributed by atoms with Crippen LogP contribution in [0.2, 0.25) is 18.1 Å². The van der Waals surface area contributed by atoms with E-state index in [2.05, 4.69) is 83.4 Å². The van der Waals surface area contributed by atoms with Gasteiger partial charge in [-0.15, -0.1) is 0 Å². The van der Waals surface area contributed by atoms with Crippen LogP contribution in [0.5, 0.6) is 5.75 Å². The van der Waals surface area contributed by atoms with Gasteiger partial charge in [0.2, 0.25) is 0 Å².